The first kappa shape index (κ1) is 22.6. The van der Waals surface area contributed by atoms with Crippen LogP contribution in [-0.4, -0.2) is 38.3 Å². The molecule has 1 fully saturated rings. The summed E-state index contributed by atoms with van der Waals surface area (Å²) in [5.41, 5.74) is 2.01. The van der Waals surface area contributed by atoms with Gasteiger partial charge in [0.05, 0.1) is 21.7 Å². The predicted molar refractivity (Wildman–Crippen MR) is 118 cm³/mol. The molecule has 8 heteroatoms. The van der Waals surface area contributed by atoms with Crippen molar-refractivity contribution in [1.82, 2.24) is 9.62 Å². The molecule has 5 nitrogen and oxygen atoms in total. The Labute approximate surface area is 183 Å². The quantitative estimate of drug-likeness (QED) is 0.609. The lowest BCUT2D eigenvalue weighted by molar-refractivity contribution is -0.126. The van der Waals surface area contributed by atoms with Crippen LogP contribution in [0.15, 0.2) is 29.8 Å². The second-order valence-corrected chi connectivity index (χ2v) is 10.6. The Kier molecular flexibility index (Phi) is 8.02. The maximum absolute atomic E-state index is 12.9. The number of nitrogens with one attached hydrogen (secondary N) is 1. The van der Waals surface area contributed by atoms with Crippen LogP contribution >= 0.6 is 23.2 Å². The molecule has 1 N–H and O–H groups in total. The number of rotatable bonds is 7. The van der Waals surface area contributed by atoms with E-state index in [-0.39, 0.29) is 24.1 Å². The molecular weight excluding hydrogens is 431 g/mol. The second kappa shape index (κ2) is 10.3. The molecule has 1 aliphatic carbocycles. The molecule has 1 amide bonds. The normalized spacial score (nSPS) is 20.9. The Morgan fingerprint density at radius 2 is 2.00 bits per heavy atom. The zero-order valence-corrected chi connectivity index (χ0v) is 18.8. The lowest BCUT2D eigenvalue weighted by Gasteiger charge is -2.31. The molecule has 160 valence electrons. The third-order valence-electron chi connectivity index (χ3n) is 5.61. The van der Waals surface area contributed by atoms with Crippen LogP contribution in [0.5, 0.6) is 0 Å². The summed E-state index contributed by atoms with van der Waals surface area (Å²) in [5.74, 6) is -0.490. The molecule has 1 aliphatic heterocycles. The maximum atomic E-state index is 12.9. The number of hydrogen-bond acceptors (Lipinski definition) is 3. The van der Waals surface area contributed by atoms with Crippen LogP contribution in [0.2, 0.25) is 10.0 Å². The molecule has 29 heavy (non-hydrogen) atoms. The van der Waals surface area contributed by atoms with Gasteiger partial charge in [0.1, 0.15) is 0 Å². The SMILES string of the molecule is O=C(NCCC1=CCCCC1)C1CCCN(S(=O)(=O)Cc2ccc(Cl)c(Cl)c2)C1. The Bertz CT molecular complexity index is 871. The zero-order valence-electron chi connectivity index (χ0n) is 16.5. The molecule has 1 aromatic rings. The smallest absolute Gasteiger partial charge is 0.224 e. The van der Waals surface area contributed by atoms with Crippen LogP contribution in [0.3, 0.4) is 0 Å². The highest BCUT2D eigenvalue weighted by molar-refractivity contribution is 7.88. The van der Waals surface area contributed by atoms with E-state index in [1.807, 2.05) is 0 Å². The number of nitrogens with zero attached hydrogens (tertiary/aromatic N) is 1. The molecule has 1 aromatic carbocycles. The van der Waals surface area contributed by atoms with E-state index >= 15 is 0 Å². The summed E-state index contributed by atoms with van der Waals surface area (Å²) < 4.78 is 27.1. The largest absolute Gasteiger partial charge is 0.356 e. The third kappa shape index (κ3) is 6.45. The highest BCUT2D eigenvalue weighted by Crippen LogP contribution is 2.26. The van der Waals surface area contributed by atoms with Crippen molar-refractivity contribution in [2.24, 2.45) is 5.92 Å². The number of amides is 1. The average Bonchev–Trinajstić information content (AvgIpc) is 2.71. The van der Waals surface area contributed by atoms with Crippen molar-refractivity contribution in [2.75, 3.05) is 19.6 Å². The monoisotopic (exact) mass is 458 g/mol. The standard InChI is InChI=1S/C21H28Cl2N2O3S/c22-19-9-8-17(13-20(19)23)15-29(27,28)25-12-4-7-18(14-25)21(26)24-11-10-16-5-2-1-3-6-16/h5,8-9,13,18H,1-4,6-7,10-12,14-15H2,(H,24,26). The molecule has 1 atom stereocenters. The van der Waals surface area contributed by atoms with Crippen LogP contribution < -0.4 is 5.32 Å². The van der Waals surface area contributed by atoms with E-state index in [4.69, 9.17) is 23.2 Å². The highest BCUT2D eigenvalue weighted by Gasteiger charge is 2.32. The van der Waals surface area contributed by atoms with Crippen LogP contribution in [0, 0.1) is 5.92 Å². The van der Waals surface area contributed by atoms with Gasteiger partial charge in [0, 0.05) is 19.6 Å². The van der Waals surface area contributed by atoms with Gasteiger partial charge in [0.25, 0.3) is 0 Å². The van der Waals surface area contributed by atoms with Gasteiger partial charge in [-0.05, 0) is 62.6 Å². The summed E-state index contributed by atoms with van der Waals surface area (Å²) in [6, 6.07) is 4.85. The molecule has 0 radical (unpaired) electrons. The molecule has 0 spiro atoms. The van der Waals surface area contributed by atoms with E-state index in [2.05, 4.69) is 11.4 Å². The van der Waals surface area contributed by atoms with Gasteiger partial charge in [-0.2, -0.15) is 0 Å². The van der Waals surface area contributed by atoms with Crippen molar-refractivity contribution in [3.8, 4) is 0 Å². The number of benzene rings is 1. The number of halogens is 2. The van der Waals surface area contributed by atoms with Crippen LogP contribution in [0.1, 0.15) is 50.5 Å². The van der Waals surface area contributed by atoms with Gasteiger partial charge in [-0.3, -0.25) is 4.79 Å². The van der Waals surface area contributed by atoms with Gasteiger partial charge >= 0.3 is 0 Å². The predicted octanol–water partition coefficient (Wildman–Crippen LogP) is 4.54. The Morgan fingerprint density at radius 3 is 2.72 bits per heavy atom. The van der Waals surface area contributed by atoms with Crippen molar-refractivity contribution in [1.29, 1.82) is 0 Å². The molecule has 3 rings (SSSR count). The van der Waals surface area contributed by atoms with Gasteiger partial charge in [-0.1, -0.05) is 40.9 Å². The van der Waals surface area contributed by atoms with Crippen LogP contribution in [0.4, 0.5) is 0 Å². The Balaban J connectivity index is 1.53. The second-order valence-electron chi connectivity index (χ2n) is 7.85. The average molecular weight is 459 g/mol. The van der Waals surface area contributed by atoms with E-state index in [1.165, 1.54) is 22.7 Å². The van der Waals surface area contributed by atoms with E-state index in [1.54, 1.807) is 18.2 Å². The minimum Gasteiger partial charge on any atom is -0.356 e. The maximum Gasteiger partial charge on any atom is 0.224 e. The number of allylic oxidation sites excluding steroid dienone is 1. The number of piperidine rings is 1. The molecule has 0 bridgehead atoms. The summed E-state index contributed by atoms with van der Waals surface area (Å²) >= 11 is 11.9. The lowest BCUT2D eigenvalue weighted by Crippen LogP contribution is -2.45. The van der Waals surface area contributed by atoms with E-state index in [0.29, 0.717) is 41.5 Å². The minimum atomic E-state index is -3.53. The first-order valence-electron chi connectivity index (χ1n) is 10.2. The zero-order chi connectivity index (χ0) is 20.9. The van der Waals surface area contributed by atoms with Crippen molar-refractivity contribution in [3.63, 3.8) is 0 Å². The van der Waals surface area contributed by atoms with E-state index in [9.17, 15) is 13.2 Å². The lowest BCUT2D eigenvalue weighted by atomic mass is 9.96. The summed E-state index contributed by atoms with van der Waals surface area (Å²) in [7, 11) is -3.53. The Hall–Kier alpha value is -1.08. The topological polar surface area (TPSA) is 66.5 Å². The summed E-state index contributed by atoms with van der Waals surface area (Å²) in [4.78, 5) is 12.6. The number of hydrogen-bond donors (Lipinski definition) is 1. The molecule has 0 aromatic heterocycles. The fraction of sp³-hybridized carbons (Fsp3) is 0.571. The van der Waals surface area contributed by atoms with Gasteiger partial charge in [-0.15, -0.1) is 0 Å². The third-order valence-corrected chi connectivity index (χ3v) is 8.17. The van der Waals surface area contributed by atoms with Gasteiger partial charge < -0.3 is 5.32 Å². The Morgan fingerprint density at radius 1 is 1.17 bits per heavy atom. The van der Waals surface area contributed by atoms with Crippen molar-refractivity contribution < 1.29 is 13.2 Å². The van der Waals surface area contributed by atoms with E-state index < -0.39 is 10.0 Å². The van der Waals surface area contributed by atoms with Gasteiger partial charge in [0.2, 0.25) is 15.9 Å². The molecule has 1 heterocycles. The summed E-state index contributed by atoms with van der Waals surface area (Å²) in [6.07, 6.45) is 9.32. The van der Waals surface area contributed by atoms with Gasteiger partial charge in [0.15, 0.2) is 0 Å². The van der Waals surface area contributed by atoms with Crippen LogP contribution in [0.25, 0.3) is 0 Å². The van der Waals surface area contributed by atoms with Crippen molar-refractivity contribution >= 4 is 39.1 Å². The number of carbonyl (C=O) groups excluding carboxylic acids is 1. The minimum absolute atomic E-state index is 0.0455. The first-order chi connectivity index (χ1) is 13.8. The summed E-state index contributed by atoms with van der Waals surface area (Å²) in [5, 5.41) is 3.73. The molecule has 1 unspecified atom stereocenters. The fourth-order valence-corrected chi connectivity index (χ4v) is 5.88. The van der Waals surface area contributed by atoms with Gasteiger partial charge in [-0.25, -0.2) is 12.7 Å². The first-order valence-corrected chi connectivity index (χ1v) is 12.6. The molecule has 0 saturated carbocycles. The number of sulfonamides is 1. The highest BCUT2D eigenvalue weighted by atomic mass is 35.5. The number of carbonyl (C=O) groups is 1. The van der Waals surface area contributed by atoms with Crippen molar-refractivity contribution in [2.45, 2.75) is 50.7 Å². The van der Waals surface area contributed by atoms with E-state index in [0.717, 1.165) is 19.3 Å². The molecule has 2 aliphatic rings. The van der Waals surface area contributed by atoms with Crippen molar-refractivity contribution in [3.05, 3.63) is 45.5 Å². The molecular formula is C21H28Cl2N2O3S. The van der Waals surface area contributed by atoms with Crippen LogP contribution in [-0.2, 0) is 20.6 Å². The molecule has 1 saturated heterocycles. The fourth-order valence-electron chi connectivity index (χ4n) is 3.96. The summed E-state index contributed by atoms with van der Waals surface area (Å²) in [6.45, 7) is 1.30.